The van der Waals surface area contributed by atoms with Crippen LogP contribution in [-0.4, -0.2) is 56.3 Å². The lowest BCUT2D eigenvalue weighted by atomic mass is 9.80. The zero-order chi connectivity index (χ0) is 14.5. The fraction of sp³-hybridized carbons (Fsp3) is 0.867. The van der Waals surface area contributed by atoms with Crippen LogP contribution in [0.25, 0.3) is 0 Å². The summed E-state index contributed by atoms with van der Waals surface area (Å²) in [6.07, 6.45) is 1.89. The fourth-order valence-electron chi connectivity index (χ4n) is 3.97. The summed E-state index contributed by atoms with van der Waals surface area (Å²) in [6, 6.07) is 0. The van der Waals surface area contributed by atoms with Crippen molar-refractivity contribution < 1.29 is 23.5 Å². The predicted molar refractivity (Wildman–Crippen MR) is 71.5 cm³/mol. The standard InChI is InChI=1S/C15H24NO4/c1-4-16(2,3)5-6-19-14(17)12-9-7-10-11(8-9)20-15(18)13(10)12/h9-13H,4-8H2,1-3H3/q+1. The molecule has 1 heterocycles. The van der Waals surface area contributed by atoms with Gasteiger partial charge < -0.3 is 14.0 Å². The Labute approximate surface area is 119 Å². The van der Waals surface area contributed by atoms with Crippen LogP contribution in [0.1, 0.15) is 19.8 Å². The van der Waals surface area contributed by atoms with Gasteiger partial charge in [-0.15, -0.1) is 0 Å². The number of hydrogen-bond acceptors (Lipinski definition) is 4. The zero-order valence-electron chi connectivity index (χ0n) is 12.5. The molecule has 112 valence electrons. The number of carbonyl (C=O) groups excluding carboxylic acids is 2. The first-order valence-electron chi connectivity index (χ1n) is 7.62. The second-order valence-electron chi connectivity index (χ2n) is 7.07. The maximum absolute atomic E-state index is 12.3. The average Bonchev–Trinajstić information content (AvgIpc) is 2.99. The number of rotatable bonds is 5. The SMILES string of the molecule is CC[N+](C)(C)CCOC(=O)C1C2CC3OC(=O)C1C3C2. The summed E-state index contributed by atoms with van der Waals surface area (Å²) in [5.41, 5.74) is 0. The maximum atomic E-state index is 12.3. The van der Waals surface area contributed by atoms with Crippen LogP contribution < -0.4 is 0 Å². The number of fused-ring (bicyclic) bond motifs is 1. The summed E-state index contributed by atoms with van der Waals surface area (Å²) < 4.78 is 11.6. The normalized spacial score (nSPS) is 38.1. The third-order valence-electron chi connectivity index (χ3n) is 5.55. The highest BCUT2D eigenvalue weighted by molar-refractivity contribution is 5.85. The maximum Gasteiger partial charge on any atom is 0.310 e. The molecule has 2 saturated carbocycles. The van der Waals surface area contributed by atoms with Crippen molar-refractivity contribution in [2.75, 3.05) is 33.8 Å². The van der Waals surface area contributed by atoms with Gasteiger partial charge in [-0.2, -0.15) is 0 Å². The molecule has 5 atom stereocenters. The number of quaternary nitrogens is 1. The Bertz CT molecular complexity index is 432. The van der Waals surface area contributed by atoms with Crippen molar-refractivity contribution >= 4 is 11.9 Å². The van der Waals surface area contributed by atoms with Gasteiger partial charge in [-0.25, -0.2) is 0 Å². The number of ether oxygens (including phenoxy) is 2. The van der Waals surface area contributed by atoms with E-state index in [4.69, 9.17) is 9.47 Å². The van der Waals surface area contributed by atoms with Crippen LogP contribution in [0.15, 0.2) is 0 Å². The quantitative estimate of drug-likeness (QED) is 0.553. The molecule has 2 aliphatic carbocycles. The largest absolute Gasteiger partial charge is 0.462 e. The first kappa shape index (κ1) is 13.9. The summed E-state index contributed by atoms with van der Waals surface area (Å²) in [7, 11) is 4.23. The van der Waals surface area contributed by atoms with Gasteiger partial charge in [-0.3, -0.25) is 9.59 Å². The molecule has 0 aromatic carbocycles. The molecule has 0 amide bonds. The minimum atomic E-state index is -0.247. The van der Waals surface area contributed by atoms with Crippen molar-refractivity contribution in [3.63, 3.8) is 0 Å². The molecule has 0 N–H and O–H groups in total. The molecular weight excluding hydrogens is 258 g/mol. The Morgan fingerprint density at radius 3 is 2.85 bits per heavy atom. The van der Waals surface area contributed by atoms with Crippen LogP contribution in [0.4, 0.5) is 0 Å². The van der Waals surface area contributed by atoms with Crippen molar-refractivity contribution in [3.8, 4) is 0 Å². The van der Waals surface area contributed by atoms with E-state index in [1.165, 1.54) is 0 Å². The Morgan fingerprint density at radius 1 is 1.40 bits per heavy atom. The van der Waals surface area contributed by atoms with Crippen LogP contribution in [0.3, 0.4) is 0 Å². The van der Waals surface area contributed by atoms with Crippen molar-refractivity contribution in [2.24, 2.45) is 23.7 Å². The first-order chi connectivity index (χ1) is 9.43. The van der Waals surface area contributed by atoms with Gasteiger partial charge in [-0.1, -0.05) is 0 Å². The molecule has 5 unspecified atom stereocenters. The molecule has 0 aromatic heterocycles. The number of likely N-dealkylation sites (N-methyl/N-ethyl adjacent to an activating group) is 1. The van der Waals surface area contributed by atoms with Gasteiger partial charge in [0.15, 0.2) is 0 Å². The fourth-order valence-corrected chi connectivity index (χ4v) is 3.97. The highest BCUT2D eigenvalue weighted by Gasteiger charge is 2.64. The molecule has 3 rings (SSSR count). The third kappa shape index (κ3) is 2.12. The highest BCUT2D eigenvalue weighted by Crippen LogP contribution is 2.57. The summed E-state index contributed by atoms with van der Waals surface area (Å²) in [4.78, 5) is 24.2. The molecule has 5 heteroatoms. The smallest absolute Gasteiger partial charge is 0.310 e. The van der Waals surface area contributed by atoms with E-state index < -0.39 is 0 Å². The van der Waals surface area contributed by atoms with E-state index in [0.717, 1.165) is 30.4 Å². The van der Waals surface area contributed by atoms with Gasteiger partial charge in [-0.05, 0) is 25.7 Å². The molecule has 1 aliphatic heterocycles. The second kappa shape index (κ2) is 4.72. The predicted octanol–water partition coefficient (Wildman–Crippen LogP) is 0.823. The lowest BCUT2D eigenvalue weighted by molar-refractivity contribution is -0.888. The van der Waals surface area contributed by atoms with E-state index in [0.29, 0.717) is 12.5 Å². The lowest BCUT2D eigenvalue weighted by Crippen LogP contribution is -2.43. The van der Waals surface area contributed by atoms with E-state index in [9.17, 15) is 9.59 Å². The van der Waals surface area contributed by atoms with Crippen LogP contribution in [0.5, 0.6) is 0 Å². The molecule has 0 radical (unpaired) electrons. The van der Waals surface area contributed by atoms with Crippen LogP contribution in [0, 0.1) is 23.7 Å². The number of nitrogens with zero attached hydrogens (tertiary/aromatic N) is 1. The van der Waals surface area contributed by atoms with Gasteiger partial charge in [0.05, 0.1) is 32.5 Å². The van der Waals surface area contributed by atoms with E-state index >= 15 is 0 Å². The van der Waals surface area contributed by atoms with Crippen LogP contribution in [-0.2, 0) is 19.1 Å². The molecule has 0 spiro atoms. The van der Waals surface area contributed by atoms with Crippen LogP contribution in [0.2, 0.25) is 0 Å². The lowest BCUT2D eigenvalue weighted by Gasteiger charge is -2.28. The average molecular weight is 282 g/mol. The molecule has 20 heavy (non-hydrogen) atoms. The van der Waals surface area contributed by atoms with Crippen LogP contribution >= 0.6 is 0 Å². The van der Waals surface area contributed by atoms with Crippen molar-refractivity contribution in [2.45, 2.75) is 25.9 Å². The number of hydrogen-bond donors (Lipinski definition) is 0. The topological polar surface area (TPSA) is 52.6 Å². The molecule has 3 aliphatic rings. The molecule has 3 fully saturated rings. The monoisotopic (exact) mass is 282 g/mol. The zero-order valence-corrected chi connectivity index (χ0v) is 12.5. The van der Waals surface area contributed by atoms with Gasteiger partial charge in [0.25, 0.3) is 0 Å². The van der Waals surface area contributed by atoms with Crippen molar-refractivity contribution in [1.29, 1.82) is 0 Å². The van der Waals surface area contributed by atoms with E-state index in [2.05, 4.69) is 21.0 Å². The number of carbonyl (C=O) groups is 2. The third-order valence-corrected chi connectivity index (χ3v) is 5.55. The van der Waals surface area contributed by atoms with Crippen molar-refractivity contribution in [3.05, 3.63) is 0 Å². The van der Waals surface area contributed by atoms with E-state index in [1.54, 1.807) is 0 Å². The minimum Gasteiger partial charge on any atom is -0.462 e. The number of esters is 2. The van der Waals surface area contributed by atoms with Gasteiger partial charge in [0, 0.05) is 5.92 Å². The van der Waals surface area contributed by atoms with E-state index in [-0.39, 0.29) is 35.8 Å². The summed E-state index contributed by atoms with van der Waals surface area (Å²) in [5.74, 6) is -0.263. The Morgan fingerprint density at radius 2 is 2.15 bits per heavy atom. The molecular formula is C15H24NO4+. The van der Waals surface area contributed by atoms with E-state index in [1.807, 2.05) is 0 Å². The minimum absolute atomic E-state index is 0.0808. The summed E-state index contributed by atoms with van der Waals surface area (Å²) in [5, 5.41) is 0. The Hall–Kier alpha value is -1.10. The Kier molecular flexibility index (Phi) is 3.27. The summed E-state index contributed by atoms with van der Waals surface area (Å²) >= 11 is 0. The molecule has 2 bridgehead atoms. The first-order valence-corrected chi connectivity index (χ1v) is 7.62. The molecule has 5 nitrogen and oxygen atoms in total. The van der Waals surface area contributed by atoms with Gasteiger partial charge >= 0.3 is 11.9 Å². The highest BCUT2D eigenvalue weighted by atomic mass is 16.6. The van der Waals surface area contributed by atoms with Crippen molar-refractivity contribution in [1.82, 2.24) is 0 Å². The molecule has 0 aromatic rings. The van der Waals surface area contributed by atoms with Gasteiger partial charge in [0.1, 0.15) is 19.3 Å². The summed E-state index contributed by atoms with van der Waals surface area (Å²) in [6.45, 7) is 4.36. The Balaban J connectivity index is 1.57. The second-order valence-corrected chi connectivity index (χ2v) is 7.07. The van der Waals surface area contributed by atoms with Gasteiger partial charge in [0.2, 0.25) is 0 Å². The molecule has 1 saturated heterocycles.